The van der Waals surface area contributed by atoms with Crippen LogP contribution < -0.4 is 0 Å². The molecule has 0 radical (unpaired) electrons. The summed E-state index contributed by atoms with van der Waals surface area (Å²) >= 11 is 1.93. The van der Waals surface area contributed by atoms with Crippen molar-refractivity contribution in [2.24, 2.45) is 0 Å². The minimum atomic E-state index is -0.0759. The third-order valence-electron chi connectivity index (χ3n) is 7.81. The molecular weight excluding hydrogens is 444 g/mol. The number of para-hydroxylation sites is 1. The van der Waals surface area contributed by atoms with Gasteiger partial charge >= 0.3 is 0 Å². The van der Waals surface area contributed by atoms with E-state index in [1.807, 2.05) is 23.6 Å². The molecule has 3 heteroatoms. The minimum Gasteiger partial charge on any atom is -0.293 e. The smallest absolute Gasteiger partial charge is 0.137 e. The number of fused-ring (bicyclic) bond motifs is 12. The Morgan fingerprint density at radius 2 is 1.49 bits per heavy atom. The largest absolute Gasteiger partial charge is 0.293 e. The van der Waals surface area contributed by atoms with Gasteiger partial charge in [-0.2, -0.15) is 0 Å². The van der Waals surface area contributed by atoms with Crippen molar-refractivity contribution in [2.45, 2.75) is 19.3 Å². The highest BCUT2D eigenvalue weighted by Gasteiger charge is 2.40. The van der Waals surface area contributed by atoms with Crippen molar-refractivity contribution in [3.8, 4) is 16.9 Å². The van der Waals surface area contributed by atoms with Crippen molar-refractivity contribution in [2.75, 3.05) is 0 Å². The first kappa shape index (κ1) is 19.4. The molecule has 7 aromatic rings. The predicted octanol–water partition coefficient (Wildman–Crippen LogP) is 8.85. The molecule has 1 aliphatic rings. The maximum Gasteiger partial charge on any atom is 0.137 e. The zero-order chi connectivity index (χ0) is 23.3. The van der Waals surface area contributed by atoms with E-state index in [0.717, 1.165) is 5.82 Å². The van der Waals surface area contributed by atoms with Crippen LogP contribution in [0.15, 0.2) is 97.2 Å². The molecule has 0 fully saturated rings. The van der Waals surface area contributed by atoms with Gasteiger partial charge in [0.05, 0.1) is 11.0 Å². The quantitative estimate of drug-likeness (QED) is 0.236. The molecule has 166 valence electrons. The van der Waals surface area contributed by atoms with E-state index in [0.29, 0.717) is 0 Å². The molecule has 3 heterocycles. The lowest BCUT2D eigenvalue weighted by Crippen LogP contribution is -2.15. The number of rotatable bonds is 1. The lowest BCUT2D eigenvalue weighted by atomic mass is 9.81. The van der Waals surface area contributed by atoms with Crippen LogP contribution in [0.5, 0.6) is 0 Å². The third kappa shape index (κ3) is 2.32. The van der Waals surface area contributed by atoms with Gasteiger partial charge in [0.1, 0.15) is 5.82 Å². The lowest BCUT2D eigenvalue weighted by Gasteiger charge is -2.22. The van der Waals surface area contributed by atoms with Gasteiger partial charge in [0.25, 0.3) is 0 Å². The molecule has 0 amide bonds. The number of nitrogens with zero attached hydrogens (tertiary/aromatic N) is 2. The summed E-state index contributed by atoms with van der Waals surface area (Å²) in [6.07, 6.45) is 1.89. The van der Waals surface area contributed by atoms with E-state index in [1.165, 1.54) is 64.2 Å². The fourth-order valence-corrected chi connectivity index (χ4v) is 7.81. The van der Waals surface area contributed by atoms with Crippen LogP contribution in [0.4, 0.5) is 0 Å². The number of pyridine rings is 1. The first-order chi connectivity index (χ1) is 17.2. The lowest BCUT2D eigenvalue weighted by molar-refractivity contribution is 0.667. The van der Waals surface area contributed by atoms with Gasteiger partial charge in [-0.3, -0.25) is 4.57 Å². The Hall–Kier alpha value is -3.95. The van der Waals surface area contributed by atoms with Crippen LogP contribution in [-0.4, -0.2) is 9.55 Å². The Morgan fingerprint density at radius 1 is 0.743 bits per heavy atom. The maximum atomic E-state index is 4.83. The fourth-order valence-electron chi connectivity index (χ4n) is 6.40. The van der Waals surface area contributed by atoms with Crippen LogP contribution in [0.25, 0.3) is 58.9 Å². The predicted molar refractivity (Wildman–Crippen MR) is 149 cm³/mol. The molecule has 3 aromatic heterocycles. The second kappa shape index (κ2) is 6.59. The summed E-state index contributed by atoms with van der Waals surface area (Å²) in [4.78, 5) is 4.83. The van der Waals surface area contributed by atoms with Gasteiger partial charge in [-0.05, 0) is 46.5 Å². The van der Waals surface area contributed by atoms with Crippen LogP contribution in [0.3, 0.4) is 0 Å². The van der Waals surface area contributed by atoms with E-state index in [-0.39, 0.29) is 5.41 Å². The summed E-state index contributed by atoms with van der Waals surface area (Å²) in [5.74, 6) is 0.959. The highest BCUT2D eigenvalue weighted by atomic mass is 32.1. The molecule has 0 saturated heterocycles. The molecule has 35 heavy (non-hydrogen) atoms. The van der Waals surface area contributed by atoms with Gasteiger partial charge < -0.3 is 0 Å². The summed E-state index contributed by atoms with van der Waals surface area (Å²) in [6.45, 7) is 4.79. The molecule has 8 rings (SSSR count). The van der Waals surface area contributed by atoms with E-state index in [9.17, 15) is 0 Å². The molecule has 0 bridgehead atoms. The van der Waals surface area contributed by atoms with Crippen LogP contribution in [0.2, 0.25) is 0 Å². The van der Waals surface area contributed by atoms with Gasteiger partial charge in [0.15, 0.2) is 0 Å². The van der Waals surface area contributed by atoms with Crippen molar-refractivity contribution >= 4 is 53.3 Å². The molecule has 0 unspecified atom stereocenters. The topological polar surface area (TPSA) is 17.8 Å². The molecule has 0 spiro atoms. The molecule has 1 aliphatic carbocycles. The SMILES string of the molecule is CC1(C)c2ccccc2-c2c1c1sc3ccccc3c1c1c2c2ccccc2n1-c1ccccn1. The Bertz CT molecular complexity index is 1970. The van der Waals surface area contributed by atoms with Gasteiger partial charge in [-0.1, -0.05) is 80.6 Å². The summed E-state index contributed by atoms with van der Waals surface area (Å²) in [6, 6.07) is 32.9. The molecule has 2 nitrogen and oxygen atoms in total. The number of hydrogen-bond donors (Lipinski definition) is 0. The Balaban J connectivity index is 1.76. The first-order valence-corrected chi connectivity index (χ1v) is 12.9. The van der Waals surface area contributed by atoms with Gasteiger partial charge in [-0.15, -0.1) is 11.3 Å². The van der Waals surface area contributed by atoms with Crippen molar-refractivity contribution in [1.82, 2.24) is 9.55 Å². The Labute approximate surface area is 207 Å². The zero-order valence-electron chi connectivity index (χ0n) is 19.5. The van der Waals surface area contributed by atoms with Crippen LogP contribution in [0.1, 0.15) is 25.0 Å². The Kier molecular flexibility index (Phi) is 3.64. The monoisotopic (exact) mass is 466 g/mol. The Morgan fingerprint density at radius 3 is 2.34 bits per heavy atom. The average molecular weight is 467 g/mol. The average Bonchev–Trinajstić information content (AvgIpc) is 3.51. The van der Waals surface area contributed by atoms with Crippen LogP contribution in [-0.2, 0) is 5.41 Å². The molecule has 4 aromatic carbocycles. The van der Waals surface area contributed by atoms with E-state index in [4.69, 9.17) is 4.98 Å². The summed E-state index contributed by atoms with van der Waals surface area (Å²) < 4.78 is 5.12. The molecule has 0 atom stereocenters. The summed E-state index contributed by atoms with van der Waals surface area (Å²) in [7, 11) is 0. The van der Waals surface area contributed by atoms with Gasteiger partial charge in [0, 0.05) is 42.6 Å². The van der Waals surface area contributed by atoms with Crippen molar-refractivity contribution in [1.29, 1.82) is 0 Å². The normalized spacial score (nSPS) is 14.2. The molecule has 0 aliphatic heterocycles. The van der Waals surface area contributed by atoms with E-state index >= 15 is 0 Å². The molecule has 0 N–H and O–H groups in total. The number of aromatic nitrogens is 2. The third-order valence-corrected chi connectivity index (χ3v) is 9.00. The van der Waals surface area contributed by atoms with Crippen molar-refractivity contribution in [3.63, 3.8) is 0 Å². The molecule has 0 saturated carbocycles. The van der Waals surface area contributed by atoms with Crippen molar-refractivity contribution in [3.05, 3.63) is 108 Å². The maximum absolute atomic E-state index is 4.83. The second-order valence-corrected chi connectivity index (χ2v) is 11.0. The number of benzene rings is 4. The van der Waals surface area contributed by atoms with Crippen LogP contribution in [0, 0.1) is 0 Å². The minimum absolute atomic E-state index is 0.0759. The van der Waals surface area contributed by atoms with Crippen LogP contribution >= 0.6 is 11.3 Å². The highest BCUT2D eigenvalue weighted by Crippen LogP contribution is 2.58. The molecular formula is C32H22N2S. The number of hydrogen-bond acceptors (Lipinski definition) is 2. The van der Waals surface area contributed by atoms with E-state index in [2.05, 4.69) is 103 Å². The summed E-state index contributed by atoms with van der Waals surface area (Å²) in [5.41, 5.74) is 8.03. The zero-order valence-corrected chi connectivity index (χ0v) is 20.4. The number of thiophene rings is 1. The van der Waals surface area contributed by atoms with E-state index in [1.54, 1.807) is 0 Å². The van der Waals surface area contributed by atoms with Crippen molar-refractivity contribution < 1.29 is 0 Å². The van der Waals surface area contributed by atoms with Gasteiger partial charge in [-0.25, -0.2) is 4.98 Å². The van der Waals surface area contributed by atoms with Gasteiger partial charge in [0.2, 0.25) is 0 Å². The van der Waals surface area contributed by atoms with E-state index < -0.39 is 0 Å². The second-order valence-electron chi connectivity index (χ2n) is 9.99. The fraction of sp³-hybridized carbons (Fsp3) is 0.0938. The summed E-state index contributed by atoms with van der Waals surface area (Å²) in [5, 5.41) is 5.30. The highest BCUT2D eigenvalue weighted by molar-refractivity contribution is 7.26. The first-order valence-electron chi connectivity index (χ1n) is 12.1. The standard InChI is InChI=1S/C32H22N2S/c1-32(2)22-14-6-3-11-19(22)26-27-20-12-4-7-15-23(20)34(25-17-9-10-18-33-25)30(27)28-21-13-5-8-16-24(21)35-31(28)29(26)32/h3-18H,1-2H3.